The van der Waals surface area contributed by atoms with Crippen molar-refractivity contribution in [2.24, 2.45) is 0 Å². The molecule has 0 aliphatic rings. The highest BCUT2D eigenvalue weighted by molar-refractivity contribution is 7.89. The topological polar surface area (TPSA) is 66.5 Å². The lowest BCUT2D eigenvalue weighted by molar-refractivity contribution is 0.0939. The third kappa shape index (κ3) is 4.29. The van der Waals surface area contributed by atoms with E-state index in [1.165, 1.54) is 10.4 Å². The first kappa shape index (κ1) is 19.6. The Labute approximate surface area is 153 Å². The summed E-state index contributed by atoms with van der Waals surface area (Å²) in [6.07, 6.45) is 0. The molecule has 1 unspecified atom stereocenters. The molecule has 1 heterocycles. The lowest BCUT2D eigenvalue weighted by atomic mass is 10.1. The normalized spacial score (nSPS) is 13.0. The fraction of sp³-hybridized carbons (Fsp3) is 0.389. The number of thiophene rings is 1. The smallest absolute Gasteiger partial charge is 0.252 e. The van der Waals surface area contributed by atoms with Gasteiger partial charge in [-0.15, -0.1) is 11.3 Å². The van der Waals surface area contributed by atoms with Crippen LogP contribution in [0.1, 0.15) is 47.6 Å². The van der Waals surface area contributed by atoms with Crippen LogP contribution in [-0.4, -0.2) is 31.7 Å². The molecule has 0 spiro atoms. The first-order chi connectivity index (χ1) is 11.8. The van der Waals surface area contributed by atoms with Gasteiger partial charge in [-0.05, 0) is 43.0 Å². The van der Waals surface area contributed by atoms with Crippen LogP contribution in [0.15, 0.2) is 40.6 Å². The van der Waals surface area contributed by atoms with Crippen LogP contribution in [0, 0.1) is 6.92 Å². The summed E-state index contributed by atoms with van der Waals surface area (Å²) in [6, 6.07) is 8.48. The van der Waals surface area contributed by atoms with Crippen molar-refractivity contribution in [3.63, 3.8) is 0 Å². The number of rotatable bonds is 7. The zero-order valence-corrected chi connectivity index (χ0v) is 16.6. The van der Waals surface area contributed by atoms with Gasteiger partial charge < -0.3 is 5.32 Å². The Balaban J connectivity index is 2.31. The summed E-state index contributed by atoms with van der Waals surface area (Å²) in [6.45, 7) is 8.10. The molecular weight excluding hydrogens is 356 g/mol. The molecule has 0 aliphatic heterocycles. The number of hydrogen-bond donors (Lipinski definition) is 1. The zero-order chi connectivity index (χ0) is 18.6. The molecule has 0 bridgehead atoms. The molecule has 1 aromatic heterocycles. The molecule has 1 atom stereocenters. The third-order valence-corrected chi connectivity index (χ3v) is 7.22. The largest absolute Gasteiger partial charge is 0.345 e. The number of benzene rings is 1. The maximum atomic E-state index is 12.7. The number of amides is 1. The van der Waals surface area contributed by atoms with Crippen LogP contribution in [0.5, 0.6) is 0 Å². The van der Waals surface area contributed by atoms with Crippen LogP contribution in [-0.2, 0) is 10.0 Å². The van der Waals surface area contributed by atoms with Gasteiger partial charge >= 0.3 is 0 Å². The van der Waals surface area contributed by atoms with Gasteiger partial charge in [0, 0.05) is 23.5 Å². The van der Waals surface area contributed by atoms with Gasteiger partial charge in [0.25, 0.3) is 5.91 Å². The van der Waals surface area contributed by atoms with Gasteiger partial charge in [-0.3, -0.25) is 4.79 Å². The quantitative estimate of drug-likeness (QED) is 0.798. The summed E-state index contributed by atoms with van der Waals surface area (Å²) in [4.78, 5) is 13.8. The van der Waals surface area contributed by atoms with E-state index in [1.807, 2.05) is 24.4 Å². The molecule has 5 nitrogen and oxygen atoms in total. The fourth-order valence-electron chi connectivity index (χ4n) is 2.60. The Hall–Kier alpha value is -1.70. The van der Waals surface area contributed by atoms with E-state index in [1.54, 1.807) is 44.2 Å². The van der Waals surface area contributed by atoms with Crippen molar-refractivity contribution >= 4 is 27.3 Å². The van der Waals surface area contributed by atoms with Crippen molar-refractivity contribution in [1.82, 2.24) is 9.62 Å². The molecule has 25 heavy (non-hydrogen) atoms. The average Bonchev–Trinajstić information content (AvgIpc) is 3.10. The predicted molar refractivity (Wildman–Crippen MR) is 101 cm³/mol. The summed E-state index contributed by atoms with van der Waals surface area (Å²) in [5.74, 6) is -0.269. The molecule has 0 aliphatic carbocycles. The molecule has 1 N–H and O–H groups in total. The van der Waals surface area contributed by atoms with Gasteiger partial charge in [0.15, 0.2) is 0 Å². The highest BCUT2D eigenvalue weighted by atomic mass is 32.2. The van der Waals surface area contributed by atoms with Crippen molar-refractivity contribution in [2.75, 3.05) is 13.1 Å². The van der Waals surface area contributed by atoms with Crippen molar-refractivity contribution < 1.29 is 13.2 Å². The van der Waals surface area contributed by atoms with E-state index in [9.17, 15) is 13.2 Å². The number of nitrogens with one attached hydrogen (secondary N) is 1. The van der Waals surface area contributed by atoms with Crippen LogP contribution < -0.4 is 5.32 Å². The highest BCUT2D eigenvalue weighted by Crippen LogP contribution is 2.22. The van der Waals surface area contributed by atoms with Crippen LogP contribution in [0.4, 0.5) is 0 Å². The summed E-state index contributed by atoms with van der Waals surface area (Å²) in [7, 11) is -3.59. The number of carbonyl (C=O) groups excluding carboxylic acids is 1. The Kier molecular flexibility index (Phi) is 6.37. The minimum absolute atomic E-state index is 0.130. The molecule has 2 aromatic rings. The SMILES string of the molecule is CCN(CC)S(=O)(=O)c1ccc(C)c(C(=O)NC(C)c2cccs2)c1. The van der Waals surface area contributed by atoms with Crippen molar-refractivity contribution in [3.05, 3.63) is 51.7 Å². The van der Waals surface area contributed by atoms with E-state index < -0.39 is 10.0 Å². The van der Waals surface area contributed by atoms with Crippen LogP contribution >= 0.6 is 11.3 Å². The molecule has 0 saturated heterocycles. The zero-order valence-electron chi connectivity index (χ0n) is 14.9. The fourth-order valence-corrected chi connectivity index (χ4v) is 4.82. The van der Waals surface area contributed by atoms with E-state index in [0.717, 1.165) is 10.4 Å². The minimum atomic E-state index is -3.59. The van der Waals surface area contributed by atoms with E-state index in [0.29, 0.717) is 18.7 Å². The minimum Gasteiger partial charge on any atom is -0.345 e. The monoisotopic (exact) mass is 380 g/mol. The molecule has 0 radical (unpaired) electrons. The van der Waals surface area contributed by atoms with E-state index >= 15 is 0 Å². The van der Waals surface area contributed by atoms with E-state index in [4.69, 9.17) is 0 Å². The second-order valence-corrected chi connectivity index (χ2v) is 8.69. The highest BCUT2D eigenvalue weighted by Gasteiger charge is 2.24. The van der Waals surface area contributed by atoms with Gasteiger partial charge in [-0.25, -0.2) is 8.42 Å². The van der Waals surface area contributed by atoms with Gasteiger partial charge in [-0.1, -0.05) is 26.0 Å². The van der Waals surface area contributed by atoms with Gasteiger partial charge in [0.05, 0.1) is 10.9 Å². The van der Waals surface area contributed by atoms with E-state index in [2.05, 4.69) is 5.32 Å². The molecule has 0 saturated carbocycles. The summed E-state index contributed by atoms with van der Waals surface area (Å²) in [5.41, 5.74) is 1.13. The Bertz CT molecular complexity index is 826. The number of hydrogen-bond acceptors (Lipinski definition) is 4. The molecule has 2 rings (SSSR count). The standard InChI is InChI=1S/C18H24N2O3S2/c1-5-20(6-2)25(22,23)15-10-9-13(3)16(12-15)18(21)19-14(4)17-8-7-11-24-17/h7-12,14H,5-6H2,1-4H3,(H,19,21). The van der Waals surface area contributed by atoms with Gasteiger partial charge in [-0.2, -0.15) is 4.31 Å². The first-order valence-electron chi connectivity index (χ1n) is 8.26. The molecule has 0 fully saturated rings. The maximum Gasteiger partial charge on any atom is 0.252 e. The number of sulfonamides is 1. The molecule has 1 aromatic carbocycles. The van der Waals surface area contributed by atoms with E-state index in [-0.39, 0.29) is 16.8 Å². The number of nitrogens with zero attached hydrogens (tertiary/aromatic N) is 1. The van der Waals surface area contributed by atoms with Crippen molar-refractivity contribution in [3.8, 4) is 0 Å². The van der Waals surface area contributed by atoms with Crippen LogP contribution in [0.3, 0.4) is 0 Å². The maximum absolute atomic E-state index is 12.7. The molecular formula is C18H24N2O3S2. The van der Waals surface area contributed by atoms with Crippen molar-refractivity contribution in [2.45, 2.75) is 38.6 Å². The lowest BCUT2D eigenvalue weighted by Crippen LogP contribution is -2.31. The number of aryl methyl sites for hydroxylation is 1. The third-order valence-electron chi connectivity index (χ3n) is 4.11. The number of carbonyl (C=O) groups is 1. The second kappa shape index (κ2) is 8.12. The first-order valence-corrected chi connectivity index (χ1v) is 10.6. The van der Waals surface area contributed by atoms with Gasteiger partial charge in [0.2, 0.25) is 10.0 Å². The second-order valence-electron chi connectivity index (χ2n) is 5.78. The van der Waals surface area contributed by atoms with Crippen molar-refractivity contribution in [1.29, 1.82) is 0 Å². The summed E-state index contributed by atoms with van der Waals surface area (Å²) < 4.78 is 26.8. The Morgan fingerprint density at radius 1 is 1.24 bits per heavy atom. The average molecular weight is 381 g/mol. The molecule has 136 valence electrons. The summed E-state index contributed by atoms with van der Waals surface area (Å²) >= 11 is 1.57. The molecule has 1 amide bonds. The summed E-state index contributed by atoms with van der Waals surface area (Å²) in [5, 5.41) is 4.90. The van der Waals surface area contributed by atoms with Crippen LogP contribution in [0.2, 0.25) is 0 Å². The van der Waals surface area contributed by atoms with Crippen LogP contribution in [0.25, 0.3) is 0 Å². The Morgan fingerprint density at radius 3 is 2.48 bits per heavy atom. The lowest BCUT2D eigenvalue weighted by Gasteiger charge is -2.19. The van der Waals surface area contributed by atoms with Gasteiger partial charge in [0.1, 0.15) is 0 Å². The molecule has 7 heteroatoms. The Morgan fingerprint density at radius 2 is 1.92 bits per heavy atom. The predicted octanol–water partition coefficient (Wildman–Crippen LogP) is 3.58.